The Bertz CT molecular complexity index is 448. The van der Waals surface area contributed by atoms with Crippen LogP contribution in [0.3, 0.4) is 0 Å². The Hall–Kier alpha value is 0.240. The first-order chi connectivity index (χ1) is 14.2. The molecule has 0 amide bonds. The van der Waals surface area contributed by atoms with Gasteiger partial charge in [0.15, 0.2) is 0 Å². The van der Waals surface area contributed by atoms with Gasteiger partial charge in [0, 0.05) is 6.42 Å². The molecule has 0 aromatic rings. The summed E-state index contributed by atoms with van der Waals surface area (Å²) in [5, 5.41) is 17.7. The zero-order valence-electron chi connectivity index (χ0n) is 18.5. The fraction of sp³-hybridized carbons (Fsp3) is 0.857. The van der Waals surface area contributed by atoms with Crippen molar-refractivity contribution in [1.82, 2.24) is 0 Å². The van der Waals surface area contributed by atoms with Gasteiger partial charge in [-0.05, 0) is 32.1 Å². The molecule has 0 rings (SSSR count). The molecular weight excluding hydrogens is 434 g/mol. The van der Waals surface area contributed by atoms with E-state index < -0.39 is 13.9 Å². The van der Waals surface area contributed by atoms with Gasteiger partial charge in [0.1, 0.15) is 12.7 Å². The summed E-state index contributed by atoms with van der Waals surface area (Å²) in [5.41, 5.74) is 0. The monoisotopic (exact) mass is 478 g/mol. The SMILES string of the molecule is CCCCCCCC/C=C\CCCCCCCC(=O)OCC(O)CO.O=P(O)(O)O.[NaH]. The van der Waals surface area contributed by atoms with Crippen LogP contribution < -0.4 is 0 Å². The molecule has 31 heavy (non-hydrogen) atoms. The molecule has 0 radical (unpaired) electrons. The van der Waals surface area contributed by atoms with Crippen LogP contribution in [0.15, 0.2) is 12.2 Å². The van der Waals surface area contributed by atoms with Crippen molar-refractivity contribution in [2.45, 2.75) is 103 Å². The maximum atomic E-state index is 11.4. The number of hydrogen-bond donors (Lipinski definition) is 5. The number of carbonyl (C=O) groups is 1. The molecule has 5 N–H and O–H groups in total. The van der Waals surface area contributed by atoms with E-state index in [4.69, 9.17) is 34.2 Å². The first-order valence-corrected chi connectivity index (χ1v) is 12.6. The standard InChI is InChI=1S/C21H40O4.Na.H3O4P.H/c1-2-3-4-5-6-7-8-9-10-11-12-13-14-15-16-17-21(24)25-19-20(23)18-22;;1-5(2,3)4;/h9-10,20,22-23H,2-8,11-19H2,1H3;;(H3,1,2,3,4);/b10-9-;;;. The molecule has 0 aliphatic carbocycles. The van der Waals surface area contributed by atoms with E-state index in [0.717, 1.165) is 25.7 Å². The molecule has 0 aromatic heterocycles. The van der Waals surface area contributed by atoms with Crippen LogP contribution >= 0.6 is 7.82 Å². The summed E-state index contributed by atoms with van der Waals surface area (Å²) in [5.74, 6) is -0.287. The maximum absolute atomic E-state index is 11.4. The number of aliphatic hydroxyl groups is 2. The molecule has 0 saturated carbocycles. The Morgan fingerprint density at radius 2 is 1.29 bits per heavy atom. The van der Waals surface area contributed by atoms with E-state index in [1.807, 2.05) is 0 Å². The van der Waals surface area contributed by atoms with Crippen LogP contribution in [0.5, 0.6) is 0 Å². The Morgan fingerprint density at radius 1 is 0.871 bits per heavy atom. The normalized spacial score (nSPS) is 12.1. The molecule has 0 heterocycles. The van der Waals surface area contributed by atoms with E-state index >= 15 is 0 Å². The molecule has 0 aromatic carbocycles. The van der Waals surface area contributed by atoms with Gasteiger partial charge in [-0.3, -0.25) is 4.79 Å². The third-order valence-corrected chi connectivity index (χ3v) is 4.29. The number of rotatable bonds is 18. The zero-order valence-corrected chi connectivity index (χ0v) is 19.3. The molecular formula is C21H44NaO8P. The fourth-order valence-electron chi connectivity index (χ4n) is 2.65. The average Bonchev–Trinajstić information content (AvgIpc) is 2.67. The number of unbranched alkanes of at least 4 members (excludes halogenated alkanes) is 11. The summed E-state index contributed by atoms with van der Waals surface area (Å²) in [4.78, 5) is 32.9. The topological polar surface area (TPSA) is 145 Å². The minimum atomic E-state index is -4.64. The third-order valence-electron chi connectivity index (χ3n) is 4.29. The molecule has 0 fully saturated rings. The molecule has 0 saturated heterocycles. The second-order valence-corrected chi connectivity index (χ2v) is 8.39. The number of phosphoric acid groups is 1. The fourth-order valence-corrected chi connectivity index (χ4v) is 2.65. The number of hydrogen-bond acceptors (Lipinski definition) is 5. The van der Waals surface area contributed by atoms with Crippen molar-refractivity contribution < 1.29 is 39.0 Å². The number of allylic oxidation sites excluding steroid dienone is 2. The first kappa shape index (κ1) is 35.8. The van der Waals surface area contributed by atoms with Crippen LogP contribution in [0.4, 0.5) is 0 Å². The number of ether oxygens (including phenoxy) is 1. The van der Waals surface area contributed by atoms with Gasteiger partial charge in [-0.1, -0.05) is 70.4 Å². The van der Waals surface area contributed by atoms with Crippen molar-refractivity contribution in [3.63, 3.8) is 0 Å². The summed E-state index contributed by atoms with van der Waals surface area (Å²) >= 11 is 0. The predicted octanol–water partition coefficient (Wildman–Crippen LogP) is 3.34. The first-order valence-electron chi connectivity index (χ1n) is 11.1. The van der Waals surface area contributed by atoms with Gasteiger partial charge >= 0.3 is 43.3 Å². The van der Waals surface area contributed by atoms with E-state index in [-0.39, 0.29) is 48.7 Å². The summed E-state index contributed by atoms with van der Waals surface area (Å²) in [6.07, 6.45) is 20.1. The molecule has 10 heteroatoms. The van der Waals surface area contributed by atoms with Gasteiger partial charge < -0.3 is 29.6 Å². The average molecular weight is 479 g/mol. The zero-order chi connectivity index (χ0) is 23.1. The van der Waals surface area contributed by atoms with Crippen molar-refractivity contribution in [3.05, 3.63) is 12.2 Å². The minimum absolute atomic E-state index is 0. The van der Waals surface area contributed by atoms with Crippen LogP contribution in [0.1, 0.15) is 96.8 Å². The van der Waals surface area contributed by atoms with Crippen molar-refractivity contribution in [2.24, 2.45) is 0 Å². The van der Waals surface area contributed by atoms with E-state index in [2.05, 4.69) is 19.1 Å². The summed E-state index contributed by atoms with van der Waals surface area (Å²) in [6, 6.07) is 0. The van der Waals surface area contributed by atoms with Crippen molar-refractivity contribution in [1.29, 1.82) is 0 Å². The molecule has 0 aliphatic heterocycles. The molecule has 8 nitrogen and oxygen atoms in total. The molecule has 0 aliphatic rings. The Morgan fingerprint density at radius 3 is 1.74 bits per heavy atom. The molecule has 0 spiro atoms. The quantitative estimate of drug-likeness (QED) is 0.0663. The van der Waals surface area contributed by atoms with E-state index in [1.54, 1.807) is 0 Å². The third kappa shape index (κ3) is 41.0. The van der Waals surface area contributed by atoms with Gasteiger partial charge in [0.2, 0.25) is 0 Å². The van der Waals surface area contributed by atoms with Crippen LogP contribution in [0, 0.1) is 0 Å². The number of aliphatic hydroxyl groups excluding tert-OH is 2. The van der Waals surface area contributed by atoms with Gasteiger partial charge in [0.05, 0.1) is 6.61 Å². The van der Waals surface area contributed by atoms with Crippen molar-refractivity contribution in [2.75, 3.05) is 13.2 Å². The van der Waals surface area contributed by atoms with Crippen LogP contribution in [-0.4, -0.2) is 79.7 Å². The Labute approximate surface area is 210 Å². The number of esters is 1. The molecule has 182 valence electrons. The van der Waals surface area contributed by atoms with Gasteiger partial charge in [0.25, 0.3) is 0 Å². The summed E-state index contributed by atoms with van der Waals surface area (Å²) < 4.78 is 13.7. The Kier molecular flexibility index (Phi) is 30.6. The van der Waals surface area contributed by atoms with Crippen molar-refractivity contribution in [3.8, 4) is 0 Å². The van der Waals surface area contributed by atoms with E-state index in [0.29, 0.717) is 6.42 Å². The number of carbonyl (C=O) groups excluding carboxylic acids is 1. The van der Waals surface area contributed by atoms with E-state index in [9.17, 15) is 4.79 Å². The van der Waals surface area contributed by atoms with E-state index in [1.165, 1.54) is 57.8 Å². The predicted molar refractivity (Wildman–Crippen MR) is 125 cm³/mol. The molecule has 1 unspecified atom stereocenters. The van der Waals surface area contributed by atoms with Crippen LogP contribution in [0.2, 0.25) is 0 Å². The second-order valence-electron chi connectivity index (χ2n) is 7.37. The van der Waals surface area contributed by atoms with Gasteiger partial charge in [-0.25, -0.2) is 4.57 Å². The molecule has 1 atom stereocenters. The van der Waals surface area contributed by atoms with Gasteiger partial charge in [-0.15, -0.1) is 0 Å². The molecule has 0 bridgehead atoms. The van der Waals surface area contributed by atoms with Crippen molar-refractivity contribution >= 4 is 43.3 Å². The summed E-state index contributed by atoms with van der Waals surface area (Å²) in [6.45, 7) is 1.77. The van der Waals surface area contributed by atoms with Crippen LogP contribution in [-0.2, 0) is 14.1 Å². The Balaban J connectivity index is -0.00000116. The summed E-state index contributed by atoms with van der Waals surface area (Å²) in [7, 11) is -4.64. The second kappa shape index (κ2) is 26.5. The van der Waals surface area contributed by atoms with Crippen LogP contribution in [0.25, 0.3) is 0 Å². The van der Waals surface area contributed by atoms with Gasteiger partial charge in [-0.2, -0.15) is 0 Å².